The van der Waals surface area contributed by atoms with Crippen LogP contribution in [0.15, 0.2) is 0 Å². The van der Waals surface area contributed by atoms with Crippen LogP contribution in [-0.4, -0.2) is 19.0 Å². The lowest BCUT2D eigenvalue weighted by Gasteiger charge is -2.31. The van der Waals surface area contributed by atoms with Crippen molar-refractivity contribution in [3.05, 3.63) is 0 Å². The van der Waals surface area contributed by atoms with Crippen LogP contribution in [0.2, 0.25) is 0 Å². The van der Waals surface area contributed by atoms with E-state index in [0.717, 1.165) is 19.4 Å². The summed E-state index contributed by atoms with van der Waals surface area (Å²) in [5.74, 6) is 0.151. The van der Waals surface area contributed by atoms with Gasteiger partial charge in [-0.3, -0.25) is 4.79 Å². The molecule has 0 radical (unpaired) electrons. The third-order valence-corrected chi connectivity index (χ3v) is 4.71. The zero-order valence-electron chi connectivity index (χ0n) is 11.6. The van der Waals surface area contributed by atoms with Gasteiger partial charge < -0.3 is 11.1 Å². The van der Waals surface area contributed by atoms with Gasteiger partial charge in [-0.1, -0.05) is 33.6 Å². The molecule has 0 saturated heterocycles. The molecule has 100 valence electrons. The van der Waals surface area contributed by atoms with E-state index in [0.29, 0.717) is 12.0 Å². The third kappa shape index (κ3) is 3.21. The van der Waals surface area contributed by atoms with Crippen LogP contribution in [0.5, 0.6) is 0 Å². The average molecular weight is 240 g/mol. The molecule has 1 amide bonds. The molecular formula is C14H28N2O. The highest BCUT2D eigenvalue weighted by Crippen LogP contribution is 2.37. The molecule has 1 aliphatic carbocycles. The number of carbonyl (C=O) groups is 1. The van der Waals surface area contributed by atoms with Crippen molar-refractivity contribution in [2.75, 3.05) is 13.1 Å². The van der Waals surface area contributed by atoms with Crippen molar-refractivity contribution in [2.45, 2.75) is 59.3 Å². The number of rotatable bonds is 6. The van der Waals surface area contributed by atoms with E-state index in [1.807, 2.05) is 13.8 Å². The number of carbonyl (C=O) groups excluding carboxylic acids is 1. The van der Waals surface area contributed by atoms with Gasteiger partial charge >= 0.3 is 0 Å². The monoisotopic (exact) mass is 240 g/mol. The minimum atomic E-state index is -0.352. The van der Waals surface area contributed by atoms with Crippen LogP contribution in [-0.2, 0) is 4.79 Å². The maximum atomic E-state index is 12.3. The number of amides is 1. The summed E-state index contributed by atoms with van der Waals surface area (Å²) in [4.78, 5) is 12.3. The number of nitrogens with two attached hydrogens (primary N) is 1. The van der Waals surface area contributed by atoms with E-state index in [1.54, 1.807) is 0 Å². The van der Waals surface area contributed by atoms with Gasteiger partial charge in [0, 0.05) is 13.1 Å². The van der Waals surface area contributed by atoms with Crippen LogP contribution >= 0.6 is 0 Å². The molecule has 1 fully saturated rings. The van der Waals surface area contributed by atoms with E-state index < -0.39 is 0 Å². The minimum absolute atomic E-state index is 0.151. The van der Waals surface area contributed by atoms with Gasteiger partial charge in [-0.15, -0.1) is 0 Å². The van der Waals surface area contributed by atoms with Crippen LogP contribution in [0.1, 0.15) is 59.3 Å². The fourth-order valence-corrected chi connectivity index (χ4v) is 2.84. The van der Waals surface area contributed by atoms with E-state index in [1.165, 1.54) is 25.7 Å². The predicted octanol–water partition coefficient (Wildman–Crippen LogP) is 2.45. The van der Waals surface area contributed by atoms with Crippen LogP contribution in [0.4, 0.5) is 0 Å². The van der Waals surface area contributed by atoms with Gasteiger partial charge in [-0.05, 0) is 31.1 Å². The van der Waals surface area contributed by atoms with Gasteiger partial charge in [0.05, 0.1) is 5.41 Å². The second-order valence-electron chi connectivity index (χ2n) is 5.89. The van der Waals surface area contributed by atoms with Crippen molar-refractivity contribution in [2.24, 2.45) is 16.6 Å². The second-order valence-corrected chi connectivity index (χ2v) is 5.89. The first kappa shape index (κ1) is 14.5. The Bertz CT molecular complexity index is 245. The number of nitrogens with one attached hydrogen (secondary N) is 1. The summed E-state index contributed by atoms with van der Waals surface area (Å²) in [5.41, 5.74) is 5.75. The molecule has 0 atom stereocenters. The predicted molar refractivity (Wildman–Crippen MR) is 71.7 cm³/mol. The molecule has 0 spiro atoms. The number of hydrogen-bond donors (Lipinski definition) is 2. The first-order valence-electron chi connectivity index (χ1n) is 7.00. The Kier molecular flexibility index (Phi) is 4.99. The molecular weight excluding hydrogens is 212 g/mol. The molecule has 1 aliphatic rings. The third-order valence-electron chi connectivity index (χ3n) is 4.71. The Labute approximate surface area is 106 Å². The molecule has 3 N–H and O–H groups in total. The molecule has 3 nitrogen and oxygen atoms in total. The van der Waals surface area contributed by atoms with Gasteiger partial charge in [0.2, 0.25) is 5.91 Å². The first-order chi connectivity index (χ1) is 8.02. The van der Waals surface area contributed by atoms with Crippen molar-refractivity contribution >= 4 is 5.91 Å². The van der Waals surface area contributed by atoms with Crippen molar-refractivity contribution in [3.8, 4) is 0 Å². The Morgan fingerprint density at radius 3 is 2.24 bits per heavy atom. The molecule has 0 unspecified atom stereocenters. The van der Waals surface area contributed by atoms with Gasteiger partial charge in [0.1, 0.15) is 0 Å². The summed E-state index contributed by atoms with van der Waals surface area (Å²) >= 11 is 0. The topological polar surface area (TPSA) is 55.1 Å². The molecule has 17 heavy (non-hydrogen) atoms. The lowest BCUT2D eigenvalue weighted by molar-refractivity contribution is -0.131. The van der Waals surface area contributed by atoms with E-state index in [4.69, 9.17) is 5.73 Å². The van der Waals surface area contributed by atoms with Crippen LogP contribution in [0.3, 0.4) is 0 Å². The largest absolute Gasteiger partial charge is 0.355 e. The van der Waals surface area contributed by atoms with E-state index >= 15 is 0 Å². The maximum absolute atomic E-state index is 12.3. The van der Waals surface area contributed by atoms with Crippen molar-refractivity contribution in [1.82, 2.24) is 5.32 Å². The smallest absolute Gasteiger partial charge is 0.227 e. The van der Waals surface area contributed by atoms with E-state index in [2.05, 4.69) is 12.2 Å². The molecule has 3 heteroatoms. The number of hydrogen-bond acceptors (Lipinski definition) is 2. The van der Waals surface area contributed by atoms with Crippen LogP contribution in [0.25, 0.3) is 0 Å². The normalized spacial score (nSPS) is 19.3. The average Bonchev–Trinajstić information content (AvgIpc) is 2.77. The summed E-state index contributed by atoms with van der Waals surface area (Å²) in [5, 5.41) is 3.14. The Balaban J connectivity index is 2.53. The van der Waals surface area contributed by atoms with Crippen molar-refractivity contribution in [3.63, 3.8) is 0 Å². The molecule has 1 saturated carbocycles. The standard InChI is InChI=1S/C14H28N2O/c1-4-14(5-2,10-15)12(17)16-11-13(3)8-6-7-9-13/h4-11,15H2,1-3H3,(H,16,17). The van der Waals surface area contributed by atoms with Crippen LogP contribution < -0.4 is 11.1 Å². The molecule has 0 heterocycles. The lowest BCUT2D eigenvalue weighted by atomic mass is 9.80. The first-order valence-corrected chi connectivity index (χ1v) is 7.00. The Morgan fingerprint density at radius 2 is 1.82 bits per heavy atom. The SMILES string of the molecule is CCC(CC)(CN)C(=O)NCC1(C)CCCC1. The summed E-state index contributed by atoms with van der Waals surface area (Å²) in [6, 6.07) is 0. The Hall–Kier alpha value is -0.570. The molecule has 0 aliphatic heterocycles. The summed E-state index contributed by atoms with van der Waals surface area (Å²) in [6.07, 6.45) is 6.72. The van der Waals surface area contributed by atoms with Crippen molar-refractivity contribution < 1.29 is 4.79 Å². The summed E-state index contributed by atoms with van der Waals surface area (Å²) in [7, 11) is 0. The quantitative estimate of drug-likeness (QED) is 0.749. The van der Waals surface area contributed by atoms with Gasteiger partial charge in [-0.25, -0.2) is 0 Å². The molecule has 1 rings (SSSR count). The maximum Gasteiger partial charge on any atom is 0.227 e. The lowest BCUT2D eigenvalue weighted by Crippen LogP contribution is -2.47. The molecule has 0 aromatic heterocycles. The van der Waals surface area contributed by atoms with E-state index in [9.17, 15) is 4.79 Å². The van der Waals surface area contributed by atoms with Crippen LogP contribution in [0, 0.1) is 10.8 Å². The fourth-order valence-electron chi connectivity index (χ4n) is 2.84. The van der Waals surface area contributed by atoms with Gasteiger partial charge in [0.25, 0.3) is 0 Å². The second kappa shape index (κ2) is 5.85. The van der Waals surface area contributed by atoms with E-state index in [-0.39, 0.29) is 11.3 Å². The van der Waals surface area contributed by atoms with Gasteiger partial charge in [0.15, 0.2) is 0 Å². The zero-order chi connectivity index (χ0) is 12.9. The van der Waals surface area contributed by atoms with Crippen molar-refractivity contribution in [1.29, 1.82) is 0 Å². The minimum Gasteiger partial charge on any atom is -0.355 e. The molecule has 0 aromatic carbocycles. The van der Waals surface area contributed by atoms with Gasteiger partial charge in [-0.2, -0.15) is 0 Å². The Morgan fingerprint density at radius 1 is 1.29 bits per heavy atom. The summed E-state index contributed by atoms with van der Waals surface area (Å²) < 4.78 is 0. The molecule has 0 aromatic rings. The molecule has 0 bridgehead atoms. The summed E-state index contributed by atoms with van der Waals surface area (Å²) in [6.45, 7) is 7.64. The fraction of sp³-hybridized carbons (Fsp3) is 0.929. The highest BCUT2D eigenvalue weighted by Gasteiger charge is 2.35. The zero-order valence-corrected chi connectivity index (χ0v) is 11.6. The highest BCUT2D eigenvalue weighted by atomic mass is 16.2. The highest BCUT2D eigenvalue weighted by molar-refractivity contribution is 5.82.